The van der Waals surface area contributed by atoms with Crippen molar-refractivity contribution in [2.75, 3.05) is 18.1 Å². The maximum absolute atomic E-state index is 11.8. The molecule has 0 aromatic heterocycles. The van der Waals surface area contributed by atoms with Gasteiger partial charge in [0.2, 0.25) is 5.91 Å². The van der Waals surface area contributed by atoms with Crippen LogP contribution in [-0.2, 0) is 4.79 Å². The maximum Gasteiger partial charge on any atom is 0.258 e. The molecule has 2 rings (SSSR count). The third-order valence-electron chi connectivity index (χ3n) is 2.70. The number of hydrogen-bond acceptors (Lipinski definition) is 3. The average molecular weight is 248 g/mol. The van der Waals surface area contributed by atoms with Crippen LogP contribution in [0.5, 0.6) is 0 Å². The van der Waals surface area contributed by atoms with Crippen molar-refractivity contribution in [3.63, 3.8) is 0 Å². The summed E-state index contributed by atoms with van der Waals surface area (Å²) in [6.45, 7) is 3.84. The van der Waals surface area contributed by atoms with Gasteiger partial charge in [0.25, 0.3) is 5.91 Å². The molecule has 0 aliphatic carbocycles. The molecule has 1 N–H and O–H groups in total. The third-order valence-corrected chi connectivity index (χ3v) is 2.98. The second kappa shape index (κ2) is 4.25. The number of hydrogen-bond donors (Lipinski definition) is 2. The van der Waals surface area contributed by atoms with E-state index in [0.717, 1.165) is 5.56 Å². The normalized spacial score (nSPS) is 13.9. The minimum absolute atomic E-state index is 0.0722. The predicted octanol–water partition coefficient (Wildman–Crippen LogP) is 1.61. The highest BCUT2D eigenvalue weighted by Gasteiger charge is 2.28. The lowest BCUT2D eigenvalue weighted by Gasteiger charge is -2.08. The molecule has 4 nitrogen and oxygen atoms in total. The van der Waals surface area contributed by atoms with Crippen LogP contribution in [0.4, 0.5) is 5.69 Å². The molecule has 1 aromatic carbocycles. The van der Waals surface area contributed by atoms with Crippen LogP contribution in [0.25, 0.3) is 5.70 Å². The summed E-state index contributed by atoms with van der Waals surface area (Å²) in [6.07, 6.45) is 0. The molecule has 1 heterocycles. The van der Waals surface area contributed by atoms with Gasteiger partial charge in [-0.2, -0.15) is 12.6 Å². The minimum Gasteiger partial charge on any atom is -0.325 e. The fourth-order valence-electron chi connectivity index (χ4n) is 1.73. The maximum atomic E-state index is 11.8. The number of carbonyl (C=O) groups excluding carboxylic acids is 2. The third kappa shape index (κ3) is 1.93. The van der Waals surface area contributed by atoms with Crippen molar-refractivity contribution in [2.45, 2.75) is 0 Å². The molecule has 0 saturated heterocycles. The van der Waals surface area contributed by atoms with Gasteiger partial charge in [-0.05, 0) is 18.2 Å². The van der Waals surface area contributed by atoms with Gasteiger partial charge in [0.15, 0.2) is 0 Å². The highest BCUT2D eigenvalue weighted by molar-refractivity contribution is 7.81. The van der Waals surface area contributed by atoms with Crippen molar-refractivity contribution in [2.24, 2.45) is 0 Å². The Labute approximate surface area is 105 Å². The van der Waals surface area contributed by atoms with Gasteiger partial charge < -0.3 is 10.2 Å². The Morgan fingerprint density at radius 3 is 2.82 bits per heavy atom. The largest absolute Gasteiger partial charge is 0.325 e. The topological polar surface area (TPSA) is 49.4 Å². The summed E-state index contributed by atoms with van der Waals surface area (Å²) in [7, 11) is 1.68. The van der Waals surface area contributed by atoms with Gasteiger partial charge in [-0.1, -0.05) is 6.58 Å². The predicted molar refractivity (Wildman–Crippen MR) is 70.1 cm³/mol. The van der Waals surface area contributed by atoms with E-state index in [4.69, 9.17) is 0 Å². The molecule has 5 heteroatoms. The lowest BCUT2D eigenvalue weighted by molar-refractivity contribution is -0.113. The van der Waals surface area contributed by atoms with Gasteiger partial charge in [-0.15, -0.1) is 0 Å². The number of anilines is 1. The van der Waals surface area contributed by atoms with Gasteiger partial charge >= 0.3 is 0 Å². The summed E-state index contributed by atoms with van der Waals surface area (Å²) in [6, 6.07) is 5.14. The number of fused-ring (bicyclic) bond motifs is 1. The molecular weight excluding hydrogens is 236 g/mol. The number of nitrogens with one attached hydrogen (secondary N) is 1. The number of nitrogens with zero attached hydrogens (tertiary/aromatic N) is 1. The fraction of sp³-hybridized carbons (Fsp3) is 0.167. The highest BCUT2D eigenvalue weighted by Crippen LogP contribution is 2.31. The number of rotatable bonds is 2. The van der Waals surface area contributed by atoms with Crippen molar-refractivity contribution < 1.29 is 9.59 Å². The molecule has 0 radical (unpaired) electrons. The van der Waals surface area contributed by atoms with Crippen LogP contribution >= 0.6 is 12.6 Å². The average Bonchev–Trinajstić information content (AvgIpc) is 2.54. The van der Waals surface area contributed by atoms with E-state index in [1.54, 1.807) is 25.2 Å². The molecule has 1 aliphatic rings. The zero-order valence-corrected chi connectivity index (χ0v) is 10.3. The Hall–Kier alpha value is -1.75. The first-order chi connectivity index (χ1) is 8.04. The summed E-state index contributed by atoms with van der Waals surface area (Å²) in [5, 5.41) is 2.69. The fourth-order valence-corrected chi connectivity index (χ4v) is 1.81. The molecule has 88 valence electrons. The van der Waals surface area contributed by atoms with E-state index in [2.05, 4.69) is 24.5 Å². The summed E-state index contributed by atoms with van der Waals surface area (Å²) >= 11 is 3.88. The zero-order chi connectivity index (χ0) is 12.6. The minimum atomic E-state index is -0.184. The highest BCUT2D eigenvalue weighted by atomic mass is 32.1. The molecule has 0 spiro atoms. The molecule has 0 unspecified atom stereocenters. The summed E-state index contributed by atoms with van der Waals surface area (Å²) in [4.78, 5) is 24.5. The van der Waals surface area contributed by atoms with Gasteiger partial charge in [-0.3, -0.25) is 9.59 Å². The first-order valence-corrected chi connectivity index (χ1v) is 5.70. The van der Waals surface area contributed by atoms with E-state index in [1.165, 1.54) is 4.90 Å². The van der Waals surface area contributed by atoms with Gasteiger partial charge in [0, 0.05) is 29.6 Å². The lowest BCUT2D eigenvalue weighted by atomic mass is 10.1. The van der Waals surface area contributed by atoms with Crippen molar-refractivity contribution in [1.82, 2.24) is 4.90 Å². The van der Waals surface area contributed by atoms with Crippen LogP contribution in [0.3, 0.4) is 0 Å². The second-order valence-electron chi connectivity index (χ2n) is 3.78. The first-order valence-electron chi connectivity index (χ1n) is 5.06. The zero-order valence-electron chi connectivity index (χ0n) is 9.36. The quantitative estimate of drug-likeness (QED) is 0.781. The smallest absolute Gasteiger partial charge is 0.258 e. The van der Waals surface area contributed by atoms with E-state index < -0.39 is 0 Å². The second-order valence-corrected chi connectivity index (χ2v) is 4.09. The van der Waals surface area contributed by atoms with Crippen LogP contribution in [0.1, 0.15) is 15.9 Å². The molecule has 0 saturated carbocycles. The Morgan fingerprint density at radius 2 is 2.18 bits per heavy atom. The van der Waals surface area contributed by atoms with Crippen molar-refractivity contribution in [3.8, 4) is 0 Å². The van der Waals surface area contributed by atoms with E-state index in [9.17, 15) is 9.59 Å². The molecule has 0 atom stereocenters. The summed E-state index contributed by atoms with van der Waals surface area (Å²) in [5.41, 5.74) is 2.66. The van der Waals surface area contributed by atoms with E-state index in [0.29, 0.717) is 16.9 Å². The molecule has 0 fully saturated rings. The monoisotopic (exact) mass is 248 g/mol. The Bertz CT molecular complexity index is 525. The van der Waals surface area contributed by atoms with Crippen molar-refractivity contribution in [3.05, 3.63) is 35.9 Å². The van der Waals surface area contributed by atoms with E-state index >= 15 is 0 Å². The standard InChI is InChI=1S/C12H12N2O2S/c1-7-10-5-8(13-11(15)6-17)3-4-9(10)12(16)14(7)2/h3-5,17H,1,6H2,2H3,(H,13,15). The number of carbonyl (C=O) groups is 2. The van der Waals surface area contributed by atoms with Gasteiger partial charge in [-0.25, -0.2) is 0 Å². The molecule has 1 aliphatic heterocycles. The van der Waals surface area contributed by atoms with Crippen molar-refractivity contribution in [1.29, 1.82) is 0 Å². The van der Waals surface area contributed by atoms with Crippen LogP contribution in [0, 0.1) is 0 Å². The van der Waals surface area contributed by atoms with Gasteiger partial charge in [0.1, 0.15) is 0 Å². The molecule has 1 aromatic rings. The van der Waals surface area contributed by atoms with E-state index in [1.807, 2.05) is 0 Å². The molecule has 0 bridgehead atoms. The first kappa shape index (κ1) is 11.7. The van der Waals surface area contributed by atoms with Crippen LogP contribution < -0.4 is 5.32 Å². The summed E-state index contributed by atoms with van der Waals surface area (Å²) in [5.74, 6) is -0.134. The Morgan fingerprint density at radius 1 is 1.47 bits per heavy atom. The molecule has 2 amide bonds. The van der Waals surface area contributed by atoms with Crippen LogP contribution in [-0.4, -0.2) is 29.5 Å². The van der Waals surface area contributed by atoms with Crippen molar-refractivity contribution >= 4 is 35.8 Å². The Balaban J connectivity index is 2.36. The van der Waals surface area contributed by atoms with E-state index in [-0.39, 0.29) is 17.6 Å². The van der Waals surface area contributed by atoms with Crippen LogP contribution in [0.2, 0.25) is 0 Å². The number of amides is 2. The number of benzene rings is 1. The number of thiol groups is 1. The molecular formula is C12H12N2O2S. The SMILES string of the molecule is C=C1c2cc(NC(=O)CS)ccc2C(=O)N1C. The molecule has 17 heavy (non-hydrogen) atoms. The Kier molecular flexibility index (Phi) is 2.93. The van der Waals surface area contributed by atoms with Crippen LogP contribution in [0.15, 0.2) is 24.8 Å². The lowest BCUT2D eigenvalue weighted by Crippen LogP contribution is -2.16. The summed E-state index contributed by atoms with van der Waals surface area (Å²) < 4.78 is 0. The van der Waals surface area contributed by atoms with Gasteiger partial charge in [0.05, 0.1) is 5.75 Å².